The van der Waals surface area contributed by atoms with E-state index >= 15 is 0 Å². The van der Waals surface area contributed by atoms with E-state index in [-0.39, 0.29) is 6.04 Å². The van der Waals surface area contributed by atoms with Crippen LogP contribution in [0.3, 0.4) is 0 Å². The lowest BCUT2D eigenvalue weighted by Gasteiger charge is -2.41. The van der Waals surface area contributed by atoms with Gasteiger partial charge in [0, 0.05) is 19.1 Å². The van der Waals surface area contributed by atoms with Crippen molar-refractivity contribution in [2.45, 2.75) is 76.3 Å². The van der Waals surface area contributed by atoms with Gasteiger partial charge >= 0.3 is 0 Å². The maximum Gasteiger partial charge on any atom is 0.239 e. The lowest BCUT2D eigenvalue weighted by atomic mass is 9.77. The standard InChI is InChI=1S/C18H30N2O/c21-18(20(11-13-5-6-13)12-14-7-8-14)17-10-9-15-3-1-2-4-16(15)19-17/h13-17,19H,1-12H2. The smallest absolute Gasteiger partial charge is 0.239 e. The van der Waals surface area contributed by atoms with E-state index in [1.54, 1.807) is 0 Å². The summed E-state index contributed by atoms with van der Waals surface area (Å²) < 4.78 is 0. The molecule has 0 aromatic carbocycles. The Morgan fingerprint density at radius 3 is 2.19 bits per heavy atom. The van der Waals surface area contributed by atoms with E-state index in [9.17, 15) is 4.79 Å². The van der Waals surface area contributed by atoms with Crippen LogP contribution in [-0.4, -0.2) is 36.0 Å². The first-order valence-electron chi connectivity index (χ1n) is 9.34. The number of hydrogen-bond donors (Lipinski definition) is 1. The van der Waals surface area contributed by atoms with Crippen molar-refractivity contribution in [3.8, 4) is 0 Å². The molecule has 4 rings (SSSR count). The topological polar surface area (TPSA) is 32.3 Å². The minimum atomic E-state index is 0.127. The Hall–Kier alpha value is -0.570. The molecule has 3 atom stereocenters. The second kappa shape index (κ2) is 5.91. The second-order valence-electron chi connectivity index (χ2n) is 8.08. The zero-order valence-corrected chi connectivity index (χ0v) is 13.2. The molecule has 3 aliphatic carbocycles. The van der Waals surface area contributed by atoms with Gasteiger partial charge < -0.3 is 10.2 Å². The van der Waals surface area contributed by atoms with Gasteiger partial charge in [0.2, 0.25) is 5.91 Å². The van der Waals surface area contributed by atoms with Crippen molar-refractivity contribution in [1.82, 2.24) is 10.2 Å². The van der Waals surface area contributed by atoms with Crippen molar-refractivity contribution in [2.75, 3.05) is 13.1 Å². The van der Waals surface area contributed by atoms with Crippen LogP contribution in [0.1, 0.15) is 64.2 Å². The van der Waals surface area contributed by atoms with Crippen molar-refractivity contribution in [3.63, 3.8) is 0 Å². The molecule has 21 heavy (non-hydrogen) atoms. The van der Waals surface area contributed by atoms with Gasteiger partial charge in [0.25, 0.3) is 0 Å². The molecule has 0 bridgehead atoms. The Balaban J connectivity index is 1.37. The summed E-state index contributed by atoms with van der Waals surface area (Å²) in [6.07, 6.45) is 13.1. The van der Waals surface area contributed by atoms with E-state index in [2.05, 4.69) is 10.2 Å². The summed E-state index contributed by atoms with van der Waals surface area (Å²) in [5.74, 6) is 2.92. The van der Waals surface area contributed by atoms with Gasteiger partial charge in [-0.15, -0.1) is 0 Å². The quantitative estimate of drug-likeness (QED) is 0.844. The highest BCUT2D eigenvalue weighted by atomic mass is 16.2. The molecule has 4 aliphatic rings. The normalized spacial score (nSPS) is 36.1. The molecule has 1 saturated heterocycles. The number of piperidine rings is 1. The zero-order valence-electron chi connectivity index (χ0n) is 13.2. The third kappa shape index (κ3) is 3.44. The molecule has 3 nitrogen and oxygen atoms in total. The second-order valence-corrected chi connectivity index (χ2v) is 8.08. The van der Waals surface area contributed by atoms with Gasteiger partial charge in [0.1, 0.15) is 0 Å². The SMILES string of the molecule is O=C(C1CCC2CCCCC2N1)N(CC1CC1)CC1CC1. The van der Waals surface area contributed by atoms with Crippen LogP contribution in [-0.2, 0) is 4.79 Å². The highest BCUT2D eigenvalue weighted by Gasteiger charge is 2.38. The number of nitrogens with zero attached hydrogens (tertiary/aromatic N) is 1. The summed E-state index contributed by atoms with van der Waals surface area (Å²) in [4.78, 5) is 15.2. The van der Waals surface area contributed by atoms with Crippen molar-refractivity contribution in [2.24, 2.45) is 17.8 Å². The first kappa shape index (κ1) is 14.0. The third-order valence-electron chi connectivity index (χ3n) is 6.11. The van der Waals surface area contributed by atoms with Gasteiger partial charge in [-0.2, -0.15) is 0 Å². The molecule has 3 heteroatoms. The first-order chi connectivity index (χ1) is 10.3. The highest BCUT2D eigenvalue weighted by molar-refractivity contribution is 5.82. The maximum absolute atomic E-state index is 13.0. The average molecular weight is 290 g/mol. The molecule has 1 aliphatic heterocycles. The fourth-order valence-corrected chi connectivity index (χ4v) is 4.39. The molecule has 0 radical (unpaired) electrons. The summed E-state index contributed by atoms with van der Waals surface area (Å²) >= 11 is 0. The largest absolute Gasteiger partial charge is 0.341 e. The van der Waals surface area contributed by atoms with E-state index in [4.69, 9.17) is 0 Å². The molecule has 1 amide bonds. The minimum Gasteiger partial charge on any atom is -0.341 e. The monoisotopic (exact) mass is 290 g/mol. The molecular formula is C18H30N2O. The van der Waals surface area contributed by atoms with Gasteiger partial charge in [0.15, 0.2) is 0 Å². The molecule has 0 spiro atoms. The summed E-state index contributed by atoms with van der Waals surface area (Å²) in [6.45, 7) is 2.09. The number of rotatable bonds is 5. The summed E-state index contributed by atoms with van der Waals surface area (Å²) in [6, 6.07) is 0.756. The maximum atomic E-state index is 13.0. The van der Waals surface area contributed by atoms with Crippen molar-refractivity contribution >= 4 is 5.91 Å². The van der Waals surface area contributed by atoms with E-state index in [1.807, 2.05) is 0 Å². The van der Waals surface area contributed by atoms with Crippen LogP contribution in [0.15, 0.2) is 0 Å². The van der Waals surface area contributed by atoms with Crippen LogP contribution in [0.5, 0.6) is 0 Å². The molecule has 118 valence electrons. The molecular weight excluding hydrogens is 260 g/mol. The Morgan fingerprint density at radius 1 is 0.857 bits per heavy atom. The van der Waals surface area contributed by atoms with Crippen LogP contribution >= 0.6 is 0 Å². The molecule has 1 N–H and O–H groups in total. The summed E-state index contributed by atoms with van der Waals surface area (Å²) in [5.41, 5.74) is 0. The minimum absolute atomic E-state index is 0.127. The Morgan fingerprint density at radius 2 is 1.52 bits per heavy atom. The predicted molar refractivity (Wildman–Crippen MR) is 83.9 cm³/mol. The summed E-state index contributed by atoms with van der Waals surface area (Å²) in [5, 5.41) is 3.73. The number of nitrogens with one attached hydrogen (secondary N) is 1. The van der Waals surface area contributed by atoms with E-state index < -0.39 is 0 Å². The number of carbonyl (C=O) groups excluding carboxylic acids is 1. The van der Waals surface area contributed by atoms with E-state index in [0.29, 0.717) is 11.9 Å². The van der Waals surface area contributed by atoms with Gasteiger partial charge in [-0.3, -0.25) is 4.79 Å². The van der Waals surface area contributed by atoms with E-state index in [1.165, 1.54) is 57.8 Å². The molecule has 4 fully saturated rings. The number of hydrogen-bond acceptors (Lipinski definition) is 2. The fraction of sp³-hybridized carbons (Fsp3) is 0.944. The highest BCUT2D eigenvalue weighted by Crippen LogP contribution is 2.36. The number of carbonyl (C=O) groups is 1. The summed E-state index contributed by atoms with van der Waals surface area (Å²) in [7, 11) is 0. The number of fused-ring (bicyclic) bond motifs is 1. The van der Waals surface area contributed by atoms with Crippen LogP contribution in [0, 0.1) is 17.8 Å². The van der Waals surface area contributed by atoms with Crippen LogP contribution in [0.2, 0.25) is 0 Å². The Bertz CT molecular complexity index is 375. The lowest BCUT2D eigenvalue weighted by Crippen LogP contribution is -2.56. The van der Waals surface area contributed by atoms with Crippen LogP contribution < -0.4 is 5.32 Å². The Kier molecular flexibility index (Phi) is 3.95. The van der Waals surface area contributed by atoms with Gasteiger partial charge in [-0.1, -0.05) is 12.8 Å². The van der Waals surface area contributed by atoms with Gasteiger partial charge in [-0.25, -0.2) is 0 Å². The molecule has 1 heterocycles. The fourth-order valence-electron chi connectivity index (χ4n) is 4.39. The van der Waals surface area contributed by atoms with E-state index in [0.717, 1.165) is 37.3 Å². The molecule has 3 saturated carbocycles. The predicted octanol–water partition coefficient (Wildman–Crippen LogP) is 2.95. The molecule has 0 aromatic heterocycles. The van der Waals surface area contributed by atoms with Crippen molar-refractivity contribution in [3.05, 3.63) is 0 Å². The first-order valence-corrected chi connectivity index (χ1v) is 9.34. The third-order valence-corrected chi connectivity index (χ3v) is 6.11. The van der Waals surface area contributed by atoms with Crippen LogP contribution in [0.25, 0.3) is 0 Å². The lowest BCUT2D eigenvalue weighted by molar-refractivity contribution is -0.135. The van der Waals surface area contributed by atoms with Crippen molar-refractivity contribution < 1.29 is 4.79 Å². The average Bonchev–Trinajstić information content (AvgIpc) is 3.41. The van der Waals surface area contributed by atoms with Crippen molar-refractivity contribution in [1.29, 1.82) is 0 Å². The molecule has 3 unspecified atom stereocenters. The number of amides is 1. The van der Waals surface area contributed by atoms with Gasteiger partial charge in [0.05, 0.1) is 6.04 Å². The molecule has 0 aromatic rings. The zero-order chi connectivity index (χ0) is 14.2. The van der Waals surface area contributed by atoms with Crippen LogP contribution in [0.4, 0.5) is 0 Å². The Labute approximate surface area is 128 Å². The van der Waals surface area contributed by atoms with Gasteiger partial charge in [-0.05, 0) is 69.1 Å².